The maximum Gasteiger partial charge on any atom is 0.410 e. The highest BCUT2D eigenvalue weighted by molar-refractivity contribution is 5.68. The zero-order chi connectivity index (χ0) is 13.3. The molecule has 0 radical (unpaired) electrons. The van der Waals surface area contributed by atoms with Gasteiger partial charge in [0.25, 0.3) is 0 Å². The lowest BCUT2D eigenvalue weighted by Crippen LogP contribution is -2.38. The highest BCUT2D eigenvalue weighted by Gasteiger charge is 2.37. The monoisotopic (exact) mass is 256 g/mol. The summed E-state index contributed by atoms with van der Waals surface area (Å²) in [6, 6.07) is 0.340. The molecule has 2 aliphatic heterocycles. The summed E-state index contributed by atoms with van der Waals surface area (Å²) in [6.07, 6.45) is 1.23. The predicted octanol–water partition coefficient (Wildman–Crippen LogP) is 0.966. The van der Waals surface area contributed by atoms with Crippen LogP contribution in [0.25, 0.3) is 0 Å². The minimum Gasteiger partial charge on any atom is -0.444 e. The Hall–Kier alpha value is -0.810. The third-order valence-corrected chi connectivity index (χ3v) is 3.69. The van der Waals surface area contributed by atoms with Gasteiger partial charge in [0.05, 0.1) is 6.10 Å². The number of likely N-dealkylation sites (tertiary alicyclic amines) is 1. The van der Waals surface area contributed by atoms with E-state index in [0.29, 0.717) is 25.7 Å². The quantitative estimate of drug-likeness (QED) is 0.678. The van der Waals surface area contributed by atoms with Crippen LogP contribution in [-0.2, 0) is 4.74 Å². The molecule has 0 bridgehead atoms. The molecule has 0 spiro atoms. The number of nitrogens with one attached hydrogen (secondary N) is 1. The molecule has 5 nitrogen and oxygen atoms in total. The summed E-state index contributed by atoms with van der Waals surface area (Å²) in [5.74, 6) is 0.275. The molecule has 0 saturated carbocycles. The predicted molar refractivity (Wildman–Crippen MR) is 68.3 cm³/mol. The van der Waals surface area contributed by atoms with Crippen LogP contribution in [0.3, 0.4) is 0 Å². The summed E-state index contributed by atoms with van der Waals surface area (Å²) in [4.78, 5) is 13.8. The van der Waals surface area contributed by atoms with E-state index in [9.17, 15) is 9.90 Å². The fraction of sp³-hybridized carbons (Fsp3) is 0.923. The van der Waals surface area contributed by atoms with Crippen molar-refractivity contribution in [1.29, 1.82) is 0 Å². The van der Waals surface area contributed by atoms with E-state index in [1.54, 1.807) is 4.90 Å². The largest absolute Gasteiger partial charge is 0.444 e. The number of rotatable bonds is 0. The van der Waals surface area contributed by atoms with Gasteiger partial charge in [-0.15, -0.1) is 0 Å². The minimum absolute atomic E-state index is 0.239. The van der Waals surface area contributed by atoms with Crippen LogP contribution in [0, 0.1) is 5.92 Å². The Morgan fingerprint density at radius 1 is 1.33 bits per heavy atom. The second kappa shape index (κ2) is 5.05. The number of hydrogen-bond acceptors (Lipinski definition) is 4. The van der Waals surface area contributed by atoms with Gasteiger partial charge in [-0.05, 0) is 33.6 Å². The van der Waals surface area contributed by atoms with Crippen molar-refractivity contribution in [2.75, 3.05) is 19.6 Å². The number of amides is 1. The van der Waals surface area contributed by atoms with Crippen molar-refractivity contribution in [1.82, 2.24) is 10.2 Å². The van der Waals surface area contributed by atoms with E-state index >= 15 is 0 Å². The van der Waals surface area contributed by atoms with Crippen LogP contribution in [0.5, 0.6) is 0 Å². The summed E-state index contributed by atoms with van der Waals surface area (Å²) in [6.45, 7) is 7.70. The van der Waals surface area contributed by atoms with Crippen molar-refractivity contribution in [2.45, 2.75) is 51.4 Å². The Balaban J connectivity index is 1.92. The number of β-amino-alcohol motifs (C(OH)–C–C–N with tert-alkyl or cyclic N) is 1. The molecule has 2 rings (SSSR count). The van der Waals surface area contributed by atoms with E-state index in [-0.39, 0.29) is 18.1 Å². The van der Waals surface area contributed by atoms with Gasteiger partial charge in [-0.3, -0.25) is 0 Å². The number of carbonyl (C=O) groups is 1. The third kappa shape index (κ3) is 3.14. The Morgan fingerprint density at radius 3 is 2.67 bits per heavy atom. The Kier molecular flexibility index (Phi) is 3.82. The minimum atomic E-state index is -0.447. The molecular formula is C13H24N2O3. The van der Waals surface area contributed by atoms with Gasteiger partial charge < -0.3 is 20.1 Å². The van der Waals surface area contributed by atoms with Crippen molar-refractivity contribution in [3.05, 3.63) is 0 Å². The van der Waals surface area contributed by atoms with Crippen molar-refractivity contribution in [2.24, 2.45) is 5.92 Å². The smallest absolute Gasteiger partial charge is 0.410 e. The molecule has 104 valence electrons. The second-order valence-corrected chi connectivity index (χ2v) is 6.29. The lowest BCUT2D eigenvalue weighted by molar-refractivity contribution is 0.0248. The highest BCUT2D eigenvalue weighted by Crippen LogP contribution is 2.26. The number of nitrogens with zero attached hydrogens (tertiary/aromatic N) is 1. The Labute approximate surface area is 108 Å². The summed E-state index contributed by atoms with van der Waals surface area (Å²) in [5.41, 5.74) is -0.447. The number of aliphatic hydroxyl groups is 1. The van der Waals surface area contributed by atoms with Crippen molar-refractivity contribution < 1.29 is 14.6 Å². The van der Waals surface area contributed by atoms with Gasteiger partial charge in [0.15, 0.2) is 0 Å². The van der Waals surface area contributed by atoms with Crippen LogP contribution in [0.15, 0.2) is 0 Å². The van der Waals surface area contributed by atoms with E-state index in [2.05, 4.69) is 5.32 Å². The number of fused-ring (bicyclic) bond motifs is 1. The maximum absolute atomic E-state index is 12.0. The summed E-state index contributed by atoms with van der Waals surface area (Å²) < 4.78 is 5.39. The average Bonchev–Trinajstić information content (AvgIpc) is 2.48. The molecule has 3 unspecified atom stereocenters. The molecule has 2 fully saturated rings. The Bertz CT molecular complexity index is 314. The summed E-state index contributed by atoms with van der Waals surface area (Å²) >= 11 is 0. The molecule has 18 heavy (non-hydrogen) atoms. The lowest BCUT2D eigenvalue weighted by atomic mass is 9.94. The molecule has 2 aliphatic rings. The third-order valence-electron chi connectivity index (χ3n) is 3.69. The molecule has 0 aromatic heterocycles. The fourth-order valence-corrected chi connectivity index (χ4v) is 2.77. The first kappa shape index (κ1) is 13.6. The van der Waals surface area contributed by atoms with Crippen molar-refractivity contribution in [3.63, 3.8) is 0 Å². The maximum atomic E-state index is 12.0. The van der Waals surface area contributed by atoms with Crippen LogP contribution >= 0.6 is 0 Å². The number of hydrogen-bond donors (Lipinski definition) is 2. The van der Waals surface area contributed by atoms with E-state index in [1.807, 2.05) is 20.8 Å². The van der Waals surface area contributed by atoms with Crippen LogP contribution in [0.4, 0.5) is 4.79 Å². The average molecular weight is 256 g/mol. The SMILES string of the molecule is CC(C)(C)OC(=O)N1CCC2NCC(O)C2CC1. The number of carbonyl (C=O) groups excluding carboxylic acids is 1. The first-order chi connectivity index (χ1) is 8.37. The van der Waals surface area contributed by atoms with E-state index in [1.165, 1.54) is 0 Å². The molecule has 2 saturated heterocycles. The molecule has 5 heteroatoms. The van der Waals surface area contributed by atoms with Crippen LogP contribution < -0.4 is 5.32 Å². The van der Waals surface area contributed by atoms with Gasteiger partial charge in [0.1, 0.15) is 5.60 Å². The van der Waals surface area contributed by atoms with Gasteiger partial charge in [-0.1, -0.05) is 0 Å². The summed E-state index contributed by atoms with van der Waals surface area (Å²) in [7, 11) is 0. The van der Waals surface area contributed by atoms with Gasteiger partial charge in [0, 0.05) is 31.6 Å². The van der Waals surface area contributed by atoms with E-state index < -0.39 is 5.60 Å². The zero-order valence-electron chi connectivity index (χ0n) is 11.5. The molecule has 0 aromatic rings. The molecule has 3 atom stereocenters. The molecule has 2 heterocycles. The normalized spacial score (nSPS) is 32.9. The second-order valence-electron chi connectivity index (χ2n) is 6.29. The Morgan fingerprint density at radius 2 is 2.00 bits per heavy atom. The van der Waals surface area contributed by atoms with E-state index in [0.717, 1.165) is 12.8 Å². The fourth-order valence-electron chi connectivity index (χ4n) is 2.77. The molecular weight excluding hydrogens is 232 g/mol. The lowest BCUT2D eigenvalue weighted by Gasteiger charge is -2.26. The molecule has 1 amide bonds. The number of ether oxygens (including phenoxy) is 1. The van der Waals surface area contributed by atoms with Gasteiger partial charge >= 0.3 is 6.09 Å². The molecule has 0 aliphatic carbocycles. The van der Waals surface area contributed by atoms with E-state index in [4.69, 9.17) is 4.74 Å². The zero-order valence-corrected chi connectivity index (χ0v) is 11.5. The highest BCUT2D eigenvalue weighted by atomic mass is 16.6. The van der Waals surface area contributed by atoms with Crippen molar-refractivity contribution in [3.8, 4) is 0 Å². The van der Waals surface area contributed by atoms with Crippen LogP contribution in [-0.4, -0.2) is 53.5 Å². The topological polar surface area (TPSA) is 61.8 Å². The molecule has 2 N–H and O–H groups in total. The standard InChI is InChI=1S/C13H24N2O3/c1-13(2,3)18-12(17)15-6-4-9-10(5-7-15)14-8-11(9)16/h9-11,14,16H,4-8H2,1-3H3. The van der Waals surface area contributed by atoms with Crippen molar-refractivity contribution >= 4 is 6.09 Å². The van der Waals surface area contributed by atoms with Crippen LogP contribution in [0.2, 0.25) is 0 Å². The molecule has 0 aromatic carbocycles. The van der Waals surface area contributed by atoms with Crippen LogP contribution in [0.1, 0.15) is 33.6 Å². The summed E-state index contributed by atoms with van der Waals surface area (Å²) in [5, 5.41) is 13.2. The van der Waals surface area contributed by atoms with Gasteiger partial charge in [-0.2, -0.15) is 0 Å². The van der Waals surface area contributed by atoms with Gasteiger partial charge in [0.2, 0.25) is 0 Å². The first-order valence-electron chi connectivity index (χ1n) is 6.76. The first-order valence-corrected chi connectivity index (χ1v) is 6.76. The van der Waals surface area contributed by atoms with Gasteiger partial charge in [-0.25, -0.2) is 4.79 Å². The number of aliphatic hydroxyl groups excluding tert-OH is 1.